The summed E-state index contributed by atoms with van der Waals surface area (Å²) < 4.78 is 5.60. The molecule has 1 aliphatic rings. The van der Waals surface area contributed by atoms with Crippen LogP contribution in [0.25, 0.3) is 0 Å². The van der Waals surface area contributed by atoms with Crippen LogP contribution in [0, 0.1) is 6.92 Å². The van der Waals surface area contributed by atoms with Gasteiger partial charge in [0.05, 0.1) is 0 Å². The Morgan fingerprint density at radius 2 is 1.88 bits per heavy atom. The van der Waals surface area contributed by atoms with E-state index < -0.39 is 0 Å². The van der Waals surface area contributed by atoms with Crippen LogP contribution < -0.4 is 10.1 Å². The van der Waals surface area contributed by atoms with Crippen LogP contribution in [0.4, 0.5) is 5.69 Å². The van der Waals surface area contributed by atoms with E-state index in [-0.39, 0.29) is 12.5 Å². The minimum Gasteiger partial charge on any atom is -0.483 e. The first-order valence-electron chi connectivity index (χ1n) is 9.00. The third-order valence-corrected chi connectivity index (χ3v) is 4.52. The fraction of sp³-hybridized carbons (Fsp3) is 0.381. The topological polar surface area (TPSA) is 41.6 Å². The zero-order chi connectivity index (χ0) is 17.5. The lowest BCUT2D eigenvalue weighted by atomic mass is 10.1. The van der Waals surface area contributed by atoms with Gasteiger partial charge in [-0.2, -0.15) is 0 Å². The van der Waals surface area contributed by atoms with Crippen LogP contribution in [-0.2, 0) is 11.3 Å². The van der Waals surface area contributed by atoms with Crippen molar-refractivity contribution in [3.05, 3.63) is 59.7 Å². The number of anilines is 1. The Hall–Kier alpha value is -2.33. The molecule has 1 aliphatic heterocycles. The predicted octanol–water partition coefficient (Wildman–Crippen LogP) is 4.00. The van der Waals surface area contributed by atoms with Crippen molar-refractivity contribution in [1.29, 1.82) is 0 Å². The number of carbonyl (C=O) groups is 1. The molecule has 4 nitrogen and oxygen atoms in total. The summed E-state index contributed by atoms with van der Waals surface area (Å²) in [6, 6.07) is 15.8. The molecule has 1 N–H and O–H groups in total. The molecule has 0 aliphatic carbocycles. The van der Waals surface area contributed by atoms with E-state index >= 15 is 0 Å². The van der Waals surface area contributed by atoms with Gasteiger partial charge in [-0.1, -0.05) is 36.8 Å². The summed E-state index contributed by atoms with van der Waals surface area (Å²) >= 11 is 0. The highest BCUT2D eigenvalue weighted by Crippen LogP contribution is 2.18. The minimum absolute atomic E-state index is 0.0151. The van der Waals surface area contributed by atoms with E-state index in [1.54, 1.807) is 0 Å². The van der Waals surface area contributed by atoms with Crippen LogP contribution in [0.1, 0.15) is 30.4 Å². The summed E-state index contributed by atoms with van der Waals surface area (Å²) in [4.78, 5) is 14.6. The van der Waals surface area contributed by atoms with Gasteiger partial charge in [-0.3, -0.25) is 9.69 Å². The lowest BCUT2D eigenvalue weighted by molar-refractivity contribution is -0.118. The number of rotatable bonds is 6. The lowest BCUT2D eigenvalue weighted by Crippen LogP contribution is -2.29. The highest BCUT2D eigenvalue weighted by molar-refractivity contribution is 5.91. The molecule has 0 atom stereocenters. The third-order valence-electron chi connectivity index (χ3n) is 4.52. The van der Waals surface area contributed by atoms with Gasteiger partial charge in [0, 0.05) is 12.2 Å². The summed E-state index contributed by atoms with van der Waals surface area (Å²) in [7, 11) is 0. The summed E-state index contributed by atoms with van der Waals surface area (Å²) in [6.45, 7) is 5.27. The standard InChI is InChI=1S/C21H26N2O2/c1-17-8-3-4-11-20(17)25-16-21(24)22-19-10-7-9-18(14-19)15-23-12-5-2-6-13-23/h3-4,7-11,14H,2,5-6,12-13,15-16H2,1H3,(H,22,24). The van der Waals surface area contributed by atoms with Crippen molar-refractivity contribution < 1.29 is 9.53 Å². The Morgan fingerprint density at radius 1 is 1.08 bits per heavy atom. The van der Waals surface area contributed by atoms with Crippen LogP contribution in [0.15, 0.2) is 48.5 Å². The van der Waals surface area contributed by atoms with Gasteiger partial charge in [0.2, 0.25) is 0 Å². The molecule has 3 rings (SSSR count). The Morgan fingerprint density at radius 3 is 2.68 bits per heavy atom. The van der Waals surface area contributed by atoms with E-state index in [0.717, 1.165) is 23.5 Å². The maximum Gasteiger partial charge on any atom is 0.262 e. The van der Waals surface area contributed by atoms with Gasteiger partial charge in [0.25, 0.3) is 5.91 Å². The molecule has 2 aromatic rings. The summed E-state index contributed by atoms with van der Waals surface area (Å²) in [5, 5.41) is 2.93. The van der Waals surface area contributed by atoms with Crippen molar-refractivity contribution in [1.82, 2.24) is 4.90 Å². The molecule has 132 valence electrons. The summed E-state index contributed by atoms with van der Waals surface area (Å²) in [5.41, 5.74) is 3.09. The number of aryl methyl sites for hydroxylation is 1. The number of nitrogens with one attached hydrogen (secondary N) is 1. The van der Waals surface area contributed by atoms with Crippen LogP contribution in [0.2, 0.25) is 0 Å². The zero-order valence-electron chi connectivity index (χ0n) is 14.8. The average Bonchev–Trinajstić information content (AvgIpc) is 2.62. The molecule has 2 aromatic carbocycles. The molecule has 0 spiro atoms. The van der Waals surface area contributed by atoms with Crippen LogP contribution >= 0.6 is 0 Å². The molecule has 0 radical (unpaired) electrons. The Bertz CT molecular complexity index is 709. The summed E-state index contributed by atoms with van der Waals surface area (Å²) in [6.07, 6.45) is 3.91. The molecular weight excluding hydrogens is 312 g/mol. The second-order valence-electron chi connectivity index (χ2n) is 6.64. The molecule has 0 bridgehead atoms. The predicted molar refractivity (Wildman–Crippen MR) is 101 cm³/mol. The maximum absolute atomic E-state index is 12.2. The number of hydrogen-bond donors (Lipinski definition) is 1. The van der Waals surface area contributed by atoms with Crippen molar-refractivity contribution >= 4 is 11.6 Å². The van der Waals surface area contributed by atoms with E-state index in [4.69, 9.17) is 4.74 Å². The number of para-hydroxylation sites is 1. The second-order valence-corrected chi connectivity index (χ2v) is 6.64. The van der Waals surface area contributed by atoms with Gasteiger partial charge in [-0.25, -0.2) is 0 Å². The molecule has 0 unspecified atom stereocenters. The van der Waals surface area contributed by atoms with Crippen LogP contribution in [0.5, 0.6) is 5.75 Å². The van der Waals surface area contributed by atoms with Gasteiger partial charge >= 0.3 is 0 Å². The van der Waals surface area contributed by atoms with Crippen molar-refractivity contribution in [2.24, 2.45) is 0 Å². The van der Waals surface area contributed by atoms with E-state index in [2.05, 4.69) is 22.3 Å². The monoisotopic (exact) mass is 338 g/mol. The van der Waals surface area contributed by atoms with E-state index in [1.807, 2.05) is 43.3 Å². The number of benzene rings is 2. The molecular formula is C21H26N2O2. The first-order valence-corrected chi connectivity index (χ1v) is 9.00. The number of hydrogen-bond acceptors (Lipinski definition) is 3. The highest BCUT2D eigenvalue weighted by Gasteiger charge is 2.11. The zero-order valence-corrected chi connectivity index (χ0v) is 14.8. The number of likely N-dealkylation sites (tertiary alicyclic amines) is 1. The number of carbonyl (C=O) groups excluding carboxylic acids is 1. The fourth-order valence-corrected chi connectivity index (χ4v) is 3.18. The SMILES string of the molecule is Cc1ccccc1OCC(=O)Nc1cccc(CN2CCCCC2)c1. The average molecular weight is 338 g/mol. The van der Waals surface area contributed by atoms with E-state index in [1.165, 1.54) is 37.9 Å². The number of ether oxygens (including phenoxy) is 1. The van der Waals surface area contributed by atoms with Crippen molar-refractivity contribution in [3.63, 3.8) is 0 Å². The molecule has 1 saturated heterocycles. The smallest absolute Gasteiger partial charge is 0.262 e. The van der Waals surface area contributed by atoms with Crippen molar-refractivity contribution in [2.45, 2.75) is 32.7 Å². The fourth-order valence-electron chi connectivity index (χ4n) is 3.18. The molecule has 0 aromatic heterocycles. The van der Waals surface area contributed by atoms with E-state index in [0.29, 0.717) is 0 Å². The lowest BCUT2D eigenvalue weighted by Gasteiger charge is -2.26. The van der Waals surface area contributed by atoms with Gasteiger partial charge in [-0.05, 0) is 62.2 Å². The van der Waals surface area contributed by atoms with Gasteiger partial charge in [0.15, 0.2) is 6.61 Å². The first-order chi connectivity index (χ1) is 12.2. The Balaban J connectivity index is 1.52. The van der Waals surface area contributed by atoms with Crippen molar-refractivity contribution in [3.8, 4) is 5.75 Å². The number of nitrogens with zero attached hydrogens (tertiary/aromatic N) is 1. The first kappa shape index (κ1) is 17.5. The quantitative estimate of drug-likeness (QED) is 0.865. The Kier molecular flexibility index (Phi) is 6.07. The molecule has 4 heteroatoms. The largest absolute Gasteiger partial charge is 0.483 e. The second kappa shape index (κ2) is 8.67. The third kappa shape index (κ3) is 5.33. The van der Waals surface area contributed by atoms with E-state index in [9.17, 15) is 4.79 Å². The van der Waals surface area contributed by atoms with Gasteiger partial charge < -0.3 is 10.1 Å². The van der Waals surface area contributed by atoms with Crippen molar-refractivity contribution in [2.75, 3.05) is 25.0 Å². The van der Waals surface area contributed by atoms with Crippen LogP contribution in [0.3, 0.4) is 0 Å². The van der Waals surface area contributed by atoms with Gasteiger partial charge in [-0.15, -0.1) is 0 Å². The summed E-state index contributed by atoms with van der Waals surface area (Å²) in [5.74, 6) is 0.606. The molecule has 0 saturated carbocycles. The van der Waals surface area contributed by atoms with Crippen LogP contribution in [-0.4, -0.2) is 30.5 Å². The molecule has 1 heterocycles. The Labute approximate surface area is 149 Å². The normalized spacial score (nSPS) is 14.9. The minimum atomic E-state index is -0.140. The molecule has 1 fully saturated rings. The molecule has 25 heavy (non-hydrogen) atoms. The molecule has 1 amide bonds. The number of piperidine rings is 1. The highest BCUT2D eigenvalue weighted by atomic mass is 16.5. The number of amides is 1. The van der Waals surface area contributed by atoms with Gasteiger partial charge in [0.1, 0.15) is 5.75 Å². The maximum atomic E-state index is 12.2.